The summed E-state index contributed by atoms with van der Waals surface area (Å²) in [6.07, 6.45) is 0.787. The van der Waals surface area contributed by atoms with Crippen molar-refractivity contribution in [3.63, 3.8) is 0 Å². The molecule has 29 heavy (non-hydrogen) atoms. The first-order valence-corrected chi connectivity index (χ1v) is 10.3. The Kier molecular flexibility index (Phi) is 6.10. The summed E-state index contributed by atoms with van der Waals surface area (Å²) in [5.74, 6) is 0.105. The van der Waals surface area contributed by atoms with Crippen LogP contribution in [0.1, 0.15) is 27.9 Å². The number of ketones is 1. The van der Waals surface area contributed by atoms with Crippen LogP contribution in [-0.4, -0.2) is 36.9 Å². The van der Waals surface area contributed by atoms with Crippen LogP contribution in [0.5, 0.6) is 0 Å². The Balaban J connectivity index is 1.55. The molecule has 0 atom stereocenters. The van der Waals surface area contributed by atoms with E-state index in [4.69, 9.17) is 16.3 Å². The zero-order valence-corrected chi connectivity index (χ0v) is 17.0. The molecule has 4 rings (SSSR count). The van der Waals surface area contributed by atoms with Crippen LogP contribution < -0.4 is 0 Å². The third kappa shape index (κ3) is 4.43. The standard InChI is InChI=1S/C25H24ClNO2/c26-23-13-11-20(12-14-23)24(28)19-27-16-15-25(29-18-17-27,21-7-3-1-4-8-21)22-9-5-2-6-10-22/h1-14H,15-19H2. The Bertz CT molecular complexity index is 902. The first kappa shape index (κ1) is 19.8. The van der Waals surface area contributed by atoms with Gasteiger partial charge in [-0.15, -0.1) is 0 Å². The highest BCUT2D eigenvalue weighted by atomic mass is 35.5. The van der Waals surface area contributed by atoms with Crippen molar-refractivity contribution < 1.29 is 9.53 Å². The zero-order chi connectivity index (χ0) is 20.1. The van der Waals surface area contributed by atoms with Crippen molar-refractivity contribution >= 4 is 17.4 Å². The van der Waals surface area contributed by atoms with Gasteiger partial charge in [-0.3, -0.25) is 9.69 Å². The van der Waals surface area contributed by atoms with E-state index in [1.165, 1.54) is 0 Å². The Labute approximate surface area is 176 Å². The molecule has 0 spiro atoms. The molecule has 1 saturated heterocycles. The highest BCUT2D eigenvalue weighted by Gasteiger charge is 2.37. The van der Waals surface area contributed by atoms with E-state index in [2.05, 4.69) is 53.4 Å². The van der Waals surface area contributed by atoms with Crippen LogP contribution in [0.15, 0.2) is 84.9 Å². The maximum atomic E-state index is 12.7. The van der Waals surface area contributed by atoms with Crippen molar-refractivity contribution in [1.29, 1.82) is 0 Å². The Morgan fingerprint density at radius 1 is 0.862 bits per heavy atom. The molecule has 0 amide bonds. The lowest BCUT2D eigenvalue weighted by Crippen LogP contribution is -2.34. The van der Waals surface area contributed by atoms with Gasteiger partial charge in [0.2, 0.25) is 0 Å². The number of carbonyl (C=O) groups excluding carboxylic acids is 1. The van der Waals surface area contributed by atoms with Crippen LogP contribution in [0.4, 0.5) is 0 Å². The fourth-order valence-corrected chi connectivity index (χ4v) is 4.10. The van der Waals surface area contributed by atoms with Crippen molar-refractivity contribution in [2.24, 2.45) is 0 Å². The quantitative estimate of drug-likeness (QED) is 0.547. The summed E-state index contributed by atoms with van der Waals surface area (Å²) in [4.78, 5) is 14.9. The monoisotopic (exact) mass is 405 g/mol. The molecule has 148 valence electrons. The summed E-state index contributed by atoms with van der Waals surface area (Å²) in [7, 11) is 0. The molecule has 0 unspecified atom stereocenters. The Morgan fingerprint density at radius 3 is 2.03 bits per heavy atom. The van der Waals surface area contributed by atoms with E-state index in [9.17, 15) is 4.79 Å². The van der Waals surface area contributed by atoms with Crippen molar-refractivity contribution in [2.45, 2.75) is 12.0 Å². The predicted molar refractivity (Wildman–Crippen MR) is 116 cm³/mol. The van der Waals surface area contributed by atoms with Crippen molar-refractivity contribution in [2.75, 3.05) is 26.2 Å². The van der Waals surface area contributed by atoms with Crippen molar-refractivity contribution in [3.8, 4) is 0 Å². The minimum absolute atomic E-state index is 0.105. The van der Waals surface area contributed by atoms with Crippen LogP contribution in [0, 0.1) is 0 Å². The molecule has 0 aliphatic carbocycles. The highest BCUT2D eigenvalue weighted by molar-refractivity contribution is 6.30. The van der Waals surface area contributed by atoms with Gasteiger partial charge in [-0.2, -0.15) is 0 Å². The molecule has 3 nitrogen and oxygen atoms in total. The minimum atomic E-state index is -0.499. The topological polar surface area (TPSA) is 29.5 Å². The van der Waals surface area contributed by atoms with Gasteiger partial charge in [0, 0.05) is 23.7 Å². The van der Waals surface area contributed by atoms with Gasteiger partial charge < -0.3 is 4.74 Å². The summed E-state index contributed by atoms with van der Waals surface area (Å²) < 4.78 is 6.53. The van der Waals surface area contributed by atoms with Gasteiger partial charge in [0.05, 0.1) is 13.2 Å². The average molecular weight is 406 g/mol. The molecule has 0 aromatic heterocycles. The van der Waals surface area contributed by atoms with Crippen LogP contribution in [0.2, 0.25) is 5.02 Å². The van der Waals surface area contributed by atoms with Crippen molar-refractivity contribution in [1.82, 2.24) is 4.90 Å². The molecule has 4 heteroatoms. The van der Waals surface area contributed by atoms with Gasteiger partial charge in [-0.25, -0.2) is 0 Å². The molecule has 1 aliphatic heterocycles. The number of hydrogen-bond acceptors (Lipinski definition) is 3. The maximum Gasteiger partial charge on any atom is 0.176 e. The van der Waals surface area contributed by atoms with E-state index >= 15 is 0 Å². The van der Waals surface area contributed by atoms with E-state index in [1.54, 1.807) is 24.3 Å². The average Bonchev–Trinajstić information content (AvgIpc) is 2.99. The van der Waals surface area contributed by atoms with Gasteiger partial charge in [0.25, 0.3) is 0 Å². The van der Waals surface area contributed by atoms with E-state index in [-0.39, 0.29) is 5.78 Å². The molecule has 0 radical (unpaired) electrons. The van der Waals surface area contributed by atoms with Crippen LogP contribution >= 0.6 is 11.6 Å². The molecular formula is C25H24ClNO2. The summed E-state index contributed by atoms with van der Waals surface area (Å²) in [6, 6.07) is 27.9. The minimum Gasteiger partial charge on any atom is -0.364 e. The fraction of sp³-hybridized carbons (Fsp3) is 0.240. The fourth-order valence-electron chi connectivity index (χ4n) is 3.97. The number of nitrogens with zero attached hydrogens (tertiary/aromatic N) is 1. The van der Waals surface area contributed by atoms with Gasteiger partial charge in [0.15, 0.2) is 5.78 Å². The van der Waals surface area contributed by atoms with Gasteiger partial charge in [-0.1, -0.05) is 72.3 Å². The molecule has 3 aromatic carbocycles. The molecule has 3 aromatic rings. The summed E-state index contributed by atoms with van der Waals surface area (Å²) in [5, 5.41) is 0.639. The first-order valence-electron chi connectivity index (χ1n) is 9.93. The second kappa shape index (κ2) is 8.91. The zero-order valence-electron chi connectivity index (χ0n) is 16.3. The lowest BCUT2D eigenvalue weighted by molar-refractivity contribution is -0.0100. The Hall–Kier alpha value is -2.46. The van der Waals surface area contributed by atoms with Gasteiger partial charge >= 0.3 is 0 Å². The number of carbonyl (C=O) groups is 1. The molecule has 1 fully saturated rings. The van der Waals surface area contributed by atoms with E-state index < -0.39 is 5.60 Å². The molecule has 1 heterocycles. The largest absolute Gasteiger partial charge is 0.364 e. The van der Waals surface area contributed by atoms with E-state index in [1.807, 2.05) is 12.1 Å². The maximum absolute atomic E-state index is 12.7. The van der Waals surface area contributed by atoms with Crippen LogP contribution in [0.25, 0.3) is 0 Å². The third-order valence-corrected chi connectivity index (χ3v) is 5.80. The second-order valence-electron chi connectivity index (χ2n) is 7.36. The Morgan fingerprint density at radius 2 is 1.45 bits per heavy atom. The summed E-state index contributed by atoms with van der Waals surface area (Å²) in [6.45, 7) is 2.45. The third-order valence-electron chi connectivity index (χ3n) is 5.55. The number of rotatable bonds is 5. The lowest BCUT2D eigenvalue weighted by Gasteiger charge is -2.34. The van der Waals surface area contributed by atoms with Gasteiger partial charge in [0.1, 0.15) is 5.60 Å². The SMILES string of the molecule is O=C(CN1CCOC(c2ccccc2)(c2ccccc2)CC1)c1ccc(Cl)cc1. The lowest BCUT2D eigenvalue weighted by atomic mass is 9.83. The smallest absolute Gasteiger partial charge is 0.176 e. The molecule has 0 N–H and O–H groups in total. The van der Waals surface area contributed by atoms with Crippen molar-refractivity contribution in [3.05, 3.63) is 107 Å². The number of hydrogen-bond donors (Lipinski definition) is 0. The van der Waals surface area contributed by atoms with Crippen LogP contribution in [0.3, 0.4) is 0 Å². The highest BCUT2D eigenvalue weighted by Crippen LogP contribution is 2.38. The van der Waals surface area contributed by atoms with Crippen LogP contribution in [-0.2, 0) is 10.3 Å². The summed E-state index contributed by atoms with van der Waals surface area (Å²) in [5.41, 5.74) is 2.49. The molecule has 1 aliphatic rings. The molecular weight excluding hydrogens is 382 g/mol. The first-order chi connectivity index (χ1) is 14.2. The molecule has 0 saturated carbocycles. The van der Waals surface area contributed by atoms with E-state index in [0.29, 0.717) is 23.7 Å². The van der Waals surface area contributed by atoms with Gasteiger partial charge in [-0.05, 0) is 41.8 Å². The number of Topliss-reactive ketones (excluding diaryl/α,β-unsaturated/α-hetero) is 1. The predicted octanol–water partition coefficient (Wildman–Crippen LogP) is 5.19. The van der Waals surface area contributed by atoms with E-state index in [0.717, 1.165) is 30.6 Å². The molecule has 0 bridgehead atoms. The second-order valence-corrected chi connectivity index (χ2v) is 7.80. The number of ether oxygens (including phenoxy) is 1. The summed E-state index contributed by atoms with van der Waals surface area (Å²) >= 11 is 5.94. The number of benzene rings is 3. The number of halogens is 1. The normalized spacial score (nSPS) is 16.9.